The van der Waals surface area contributed by atoms with Crippen LogP contribution in [0.3, 0.4) is 0 Å². The maximum absolute atomic E-state index is 12.7. The van der Waals surface area contributed by atoms with Gasteiger partial charge in [0.15, 0.2) is 10.9 Å². The lowest BCUT2D eigenvalue weighted by Crippen LogP contribution is -2.32. The van der Waals surface area contributed by atoms with Crippen LogP contribution in [0.15, 0.2) is 28.0 Å². The Balaban J connectivity index is 1.45. The van der Waals surface area contributed by atoms with E-state index in [1.54, 1.807) is 0 Å². The van der Waals surface area contributed by atoms with Crippen LogP contribution in [-0.2, 0) is 6.54 Å². The Kier molecular flexibility index (Phi) is 5.02. The minimum Gasteiger partial charge on any atom is -0.450 e. The number of benzene rings is 1. The number of furan rings is 1. The number of hydrogen-bond donors (Lipinski definition) is 1. The number of anilines is 1. The summed E-state index contributed by atoms with van der Waals surface area (Å²) in [4.78, 5) is 19.7. The van der Waals surface area contributed by atoms with Crippen molar-refractivity contribution in [2.24, 2.45) is 5.92 Å². The minimum absolute atomic E-state index is 0.240. The highest BCUT2D eigenvalue weighted by molar-refractivity contribution is 7.13. The minimum atomic E-state index is -0.240. The molecule has 1 saturated heterocycles. The number of aromatic nitrogens is 1. The topological polar surface area (TPSA) is 58.4 Å². The SMILES string of the molecule is Cc1c(C(=O)Nc2nc(CN3CCC(C)CC3)cs2)oc2c(C)cccc12. The number of nitrogens with zero attached hydrogens (tertiary/aromatic N) is 2. The molecule has 1 fully saturated rings. The van der Waals surface area contributed by atoms with E-state index >= 15 is 0 Å². The van der Waals surface area contributed by atoms with Crippen LogP contribution in [0.25, 0.3) is 11.0 Å². The van der Waals surface area contributed by atoms with Crippen LogP contribution in [0, 0.1) is 19.8 Å². The molecular weight excluding hydrogens is 358 g/mol. The summed E-state index contributed by atoms with van der Waals surface area (Å²) in [5, 5.41) is 6.54. The normalized spacial score (nSPS) is 16.1. The molecule has 0 bridgehead atoms. The first-order valence-corrected chi connectivity index (χ1v) is 10.4. The molecule has 27 heavy (non-hydrogen) atoms. The van der Waals surface area contributed by atoms with Crippen LogP contribution in [0.1, 0.15) is 47.1 Å². The second-order valence-corrected chi connectivity index (χ2v) is 8.42. The largest absolute Gasteiger partial charge is 0.450 e. The molecule has 0 saturated carbocycles. The Hall–Kier alpha value is -2.18. The molecule has 0 aliphatic carbocycles. The average Bonchev–Trinajstić information content (AvgIpc) is 3.22. The van der Waals surface area contributed by atoms with E-state index < -0.39 is 0 Å². The molecule has 0 atom stereocenters. The Labute approximate surface area is 163 Å². The molecule has 142 valence electrons. The molecule has 0 unspecified atom stereocenters. The fourth-order valence-corrected chi connectivity index (χ4v) is 4.34. The number of thiazole rings is 1. The van der Waals surface area contributed by atoms with Crippen molar-refractivity contribution in [2.75, 3.05) is 18.4 Å². The van der Waals surface area contributed by atoms with Gasteiger partial charge in [0, 0.05) is 22.9 Å². The van der Waals surface area contributed by atoms with E-state index in [0.717, 1.165) is 53.3 Å². The molecule has 0 spiro atoms. The summed E-state index contributed by atoms with van der Waals surface area (Å²) in [5.41, 5.74) is 3.69. The monoisotopic (exact) mass is 383 g/mol. The van der Waals surface area contributed by atoms with E-state index in [1.807, 2.05) is 37.4 Å². The van der Waals surface area contributed by atoms with Gasteiger partial charge in [0.25, 0.3) is 5.91 Å². The third-order valence-corrected chi connectivity index (χ3v) is 6.21. The van der Waals surface area contributed by atoms with Crippen molar-refractivity contribution in [3.8, 4) is 0 Å². The smallest absolute Gasteiger partial charge is 0.293 e. The summed E-state index contributed by atoms with van der Waals surface area (Å²) in [6, 6.07) is 5.95. The van der Waals surface area contributed by atoms with Gasteiger partial charge in [0.05, 0.1) is 5.69 Å². The molecule has 1 aliphatic rings. The zero-order valence-corrected chi connectivity index (χ0v) is 16.9. The van der Waals surface area contributed by atoms with Crippen molar-refractivity contribution in [1.29, 1.82) is 0 Å². The Bertz CT molecular complexity index is 967. The molecule has 4 rings (SSSR count). The third kappa shape index (κ3) is 3.77. The molecule has 1 aromatic carbocycles. The Morgan fingerprint density at radius 2 is 2.11 bits per heavy atom. The van der Waals surface area contributed by atoms with Crippen LogP contribution in [0.2, 0.25) is 0 Å². The summed E-state index contributed by atoms with van der Waals surface area (Å²) in [7, 11) is 0. The molecule has 1 N–H and O–H groups in total. The molecule has 1 amide bonds. The summed E-state index contributed by atoms with van der Waals surface area (Å²) in [6.45, 7) is 9.32. The van der Waals surface area contributed by atoms with Gasteiger partial charge in [0.1, 0.15) is 5.58 Å². The number of aryl methyl sites for hydroxylation is 2. The summed E-state index contributed by atoms with van der Waals surface area (Å²) >= 11 is 1.47. The average molecular weight is 384 g/mol. The molecular formula is C21H25N3O2S. The van der Waals surface area contributed by atoms with Gasteiger partial charge >= 0.3 is 0 Å². The van der Waals surface area contributed by atoms with Crippen LogP contribution < -0.4 is 5.32 Å². The predicted octanol–water partition coefficient (Wildman–Crippen LogP) is 4.99. The fourth-order valence-electron chi connectivity index (χ4n) is 3.64. The van der Waals surface area contributed by atoms with Crippen molar-refractivity contribution in [3.63, 3.8) is 0 Å². The second-order valence-electron chi connectivity index (χ2n) is 7.56. The molecule has 1 aliphatic heterocycles. The van der Waals surface area contributed by atoms with Crippen LogP contribution in [0.4, 0.5) is 5.13 Å². The number of amides is 1. The molecule has 3 heterocycles. The highest BCUT2D eigenvalue weighted by Crippen LogP contribution is 2.29. The van der Waals surface area contributed by atoms with Gasteiger partial charge in [-0.2, -0.15) is 0 Å². The molecule has 2 aromatic heterocycles. The number of hydrogen-bond acceptors (Lipinski definition) is 5. The first-order valence-electron chi connectivity index (χ1n) is 9.48. The molecule has 5 nitrogen and oxygen atoms in total. The lowest BCUT2D eigenvalue weighted by atomic mass is 9.99. The predicted molar refractivity (Wildman–Crippen MR) is 109 cm³/mol. The number of piperidine rings is 1. The van der Waals surface area contributed by atoms with Gasteiger partial charge in [-0.15, -0.1) is 11.3 Å². The highest BCUT2D eigenvalue weighted by atomic mass is 32.1. The summed E-state index contributed by atoms with van der Waals surface area (Å²) < 4.78 is 5.86. The number of carbonyl (C=O) groups excluding carboxylic acids is 1. The van der Waals surface area contributed by atoms with Crippen LogP contribution >= 0.6 is 11.3 Å². The van der Waals surface area contributed by atoms with E-state index in [-0.39, 0.29) is 5.91 Å². The van der Waals surface area contributed by atoms with Crippen LogP contribution in [-0.4, -0.2) is 28.9 Å². The maximum atomic E-state index is 12.7. The van der Waals surface area contributed by atoms with Gasteiger partial charge in [-0.1, -0.05) is 25.1 Å². The van der Waals surface area contributed by atoms with E-state index in [1.165, 1.54) is 24.2 Å². The standard InChI is InChI=1S/C21H25N3O2S/c1-13-7-9-24(10-8-13)11-16-12-27-21(22-16)23-20(25)19-15(3)17-6-4-5-14(2)18(17)26-19/h4-6,12-13H,7-11H2,1-3H3,(H,22,23,25). The lowest BCUT2D eigenvalue weighted by Gasteiger charge is -2.29. The van der Waals surface area contributed by atoms with Crippen molar-refractivity contribution in [3.05, 3.63) is 46.2 Å². The third-order valence-electron chi connectivity index (χ3n) is 5.40. The number of likely N-dealkylation sites (tertiary alicyclic amines) is 1. The number of para-hydroxylation sites is 1. The zero-order chi connectivity index (χ0) is 19.0. The van der Waals surface area contributed by atoms with Crippen molar-refractivity contribution in [2.45, 2.75) is 40.2 Å². The number of rotatable bonds is 4. The second kappa shape index (κ2) is 7.44. The summed E-state index contributed by atoms with van der Waals surface area (Å²) in [5.74, 6) is 0.944. The van der Waals surface area contributed by atoms with Gasteiger partial charge in [-0.3, -0.25) is 15.0 Å². The van der Waals surface area contributed by atoms with Crippen molar-refractivity contribution < 1.29 is 9.21 Å². The van der Waals surface area contributed by atoms with Gasteiger partial charge in [-0.05, 0) is 51.3 Å². The zero-order valence-electron chi connectivity index (χ0n) is 16.0. The molecule has 3 aromatic rings. The van der Waals surface area contributed by atoms with E-state index in [2.05, 4.69) is 22.1 Å². The highest BCUT2D eigenvalue weighted by Gasteiger charge is 2.20. The number of nitrogens with one attached hydrogen (secondary N) is 1. The van der Waals surface area contributed by atoms with E-state index in [9.17, 15) is 4.79 Å². The fraction of sp³-hybridized carbons (Fsp3) is 0.429. The van der Waals surface area contributed by atoms with Crippen molar-refractivity contribution >= 4 is 33.3 Å². The number of carbonyl (C=O) groups is 1. The lowest BCUT2D eigenvalue weighted by molar-refractivity contribution is 0.0998. The van der Waals surface area contributed by atoms with Gasteiger partial charge < -0.3 is 4.42 Å². The summed E-state index contributed by atoms with van der Waals surface area (Å²) in [6.07, 6.45) is 2.50. The Morgan fingerprint density at radius 1 is 1.33 bits per heavy atom. The first-order chi connectivity index (χ1) is 13.0. The first kappa shape index (κ1) is 18.2. The number of fused-ring (bicyclic) bond motifs is 1. The maximum Gasteiger partial charge on any atom is 0.293 e. The van der Waals surface area contributed by atoms with E-state index in [4.69, 9.17) is 4.42 Å². The molecule has 0 radical (unpaired) electrons. The Morgan fingerprint density at radius 3 is 2.85 bits per heavy atom. The molecule has 6 heteroatoms. The van der Waals surface area contributed by atoms with Gasteiger partial charge in [0.2, 0.25) is 0 Å². The van der Waals surface area contributed by atoms with E-state index in [0.29, 0.717) is 10.9 Å². The van der Waals surface area contributed by atoms with Crippen LogP contribution in [0.5, 0.6) is 0 Å². The van der Waals surface area contributed by atoms with Gasteiger partial charge in [-0.25, -0.2) is 4.98 Å². The van der Waals surface area contributed by atoms with Crippen molar-refractivity contribution in [1.82, 2.24) is 9.88 Å². The quantitative estimate of drug-likeness (QED) is 0.689.